The highest BCUT2D eigenvalue weighted by atomic mass is 19.1. The lowest BCUT2D eigenvalue weighted by molar-refractivity contribution is -0.131. The molecule has 0 bridgehead atoms. The van der Waals surface area contributed by atoms with Crippen LogP contribution in [0.3, 0.4) is 0 Å². The summed E-state index contributed by atoms with van der Waals surface area (Å²) in [6.45, 7) is 13.0. The summed E-state index contributed by atoms with van der Waals surface area (Å²) >= 11 is 0. The number of amides is 1. The Morgan fingerprint density at radius 2 is 1.74 bits per heavy atom. The van der Waals surface area contributed by atoms with Gasteiger partial charge in [0.1, 0.15) is 5.83 Å². The molecule has 0 aromatic heterocycles. The standard InChI is InChI=1S/C13H18FNO2.C2H6/c1-10(2)4-5-12(14)11(3)13(16)15-6-8-17-9-7-15;1-2/h4-5H,1,6-9H2,2-3H3;1-2H3/b5-4-,12-11-;. The molecular weight excluding hydrogens is 245 g/mol. The summed E-state index contributed by atoms with van der Waals surface area (Å²) in [5.41, 5.74) is 0.871. The van der Waals surface area contributed by atoms with Gasteiger partial charge in [0.15, 0.2) is 0 Å². The van der Waals surface area contributed by atoms with E-state index in [0.717, 1.165) is 5.57 Å². The van der Waals surface area contributed by atoms with Gasteiger partial charge in [-0.25, -0.2) is 4.39 Å². The van der Waals surface area contributed by atoms with Crippen LogP contribution in [0, 0.1) is 0 Å². The van der Waals surface area contributed by atoms with Gasteiger partial charge in [-0.2, -0.15) is 0 Å². The molecule has 19 heavy (non-hydrogen) atoms. The van der Waals surface area contributed by atoms with Crippen LogP contribution in [0.1, 0.15) is 27.7 Å². The van der Waals surface area contributed by atoms with E-state index in [0.29, 0.717) is 26.3 Å². The van der Waals surface area contributed by atoms with Gasteiger partial charge >= 0.3 is 0 Å². The molecular formula is C15H24FNO2. The van der Waals surface area contributed by atoms with Crippen LogP contribution in [0.5, 0.6) is 0 Å². The number of nitrogens with zero attached hydrogens (tertiary/aromatic N) is 1. The Morgan fingerprint density at radius 1 is 1.21 bits per heavy atom. The van der Waals surface area contributed by atoms with E-state index in [1.165, 1.54) is 13.0 Å². The zero-order valence-corrected chi connectivity index (χ0v) is 12.3. The normalized spacial score (nSPS) is 16.6. The SMILES string of the molecule is C=C(C)/C=C\C(F)=C(/C)C(=O)N1CCOCC1.CC. The van der Waals surface area contributed by atoms with Gasteiger partial charge in [0, 0.05) is 18.7 Å². The summed E-state index contributed by atoms with van der Waals surface area (Å²) < 4.78 is 18.8. The summed E-state index contributed by atoms with van der Waals surface area (Å²) in [6, 6.07) is 0. The first-order chi connectivity index (χ1) is 9.02. The van der Waals surface area contributed by atoms with Crippen molar-refractivity contribution < 1.29 is 13.9 Å². The number of hydrogen-bond acceptors (Lipinski definition) is 2. The molecule has 1 aliphatic rings. The minimum absolute atomic E-state index is 0.129. The Morgan fingerprint density at radius 3 is 2.21 bits per heavy atom. The summed E-state index contributed by atoms with van der Waals surface area (Å²) in [5.74, 6) is -0.776. The van der Waals surface area contributed by atoms with Crippen LogP contribution in [-0.4, -0.2) is 37.1 Å². The molecule has 0 N–H and O–H groups in total. The molecule has 1 aliphatic heterocycles. The molecule has 0 spiro atoms. The third-order valence-corrected chi connectivity index (χ3v) is 2.49. The molecule has 1 saturated heterocycles. The first-order valence-electron chi connectivity index (χ1n) is 6.59. The van der Waals surface area contributed by atoms with Gasteiger partial charge in [-0.15, -0.1) is 0 Å². The summed E-state index contributed by atoms with van der Waals surface area (Å²) in [7, 11) is 0. The summed E-state index contributed by atoms with van der Waals surface area (Å²) in [6.07, 6.45) is 2.82. The number of allylic oxidation sites excluding steroid dienone is 4. The van der Waals surface area contributed by atoms with Crippen LogP contribution in [0.25, 0.3) is 0 Å². The van der Waals surface area contributed by atoms with Crippen LogP contribution in [0.15, 0.2) is 35.7 Å². The summed E-state index contributed by atoms with van der Waals surface area (Å²) in [4.78, 5) is 13.5. The van der Waals surface area contributed by atoms with E-state index in [1.807, 2.05) is 13.8 Å². The average molecular weight is 269 g/mol. The molecule has 0 radical (unpaired) electrons. The van der Waals surface area contributed by atoms with Crippen LogP contribution < -0.4 is 0 Å². The van der Waals surface area contributed by atoms with E-state index in [-0.39, 0.29) is 11.5 Å². The molecule has 0 atom stereocenters. The van der Waals surface area contributed by atoms with E-state index in [1.54, 1.807) is 17.9 Å². The predicted molar refractivity (Wildman–Crippen MR) is 76.5 cm³/mol. The maximum absolute atomic E-state index is 13.6. The topological polar surface area (TPSA) is 29.5 Å². The second kappa shape index (κ2) is 9.50. The number of morpholine rings is 1. The van der Waals surface area contributed by atoms with Crippen molar-refractivity contribution in [2.24, 2.45) is 0 Å². The number of rotatable bonds is 3. The number of carbonyl (C=O) groups excluding carboxylic acids is 1. The molecule has 3 nitrogen and oxygen atoms in total. The molecule has 0 aromatic rings. The lowest BCUT2D eigenvalue weighted by Gasteiger charge is -2.27. The highest BCUT2D eigenvalue weighted by Gasteiger charge is 2.19. The minimum atomic E-state index is -0.510. The van der Waals surface area contributed by atoms with Crippen molar-refractivity contribution in [1.82, 2.24) is 4.90 Å². The zero-order valence-electron chi connectivity index (χ0n) is 12.3. The van der Waals surface area contributed by atoms with Gasteiger partial charge in [0.25, 0.3) is 5.91 Å². The second-order valence-corrected chi connectivity index (χ2v) is 4.06. The van der Waals surface area contributed by atoms with Crippen molar-refractivity contribution in [1.29, 1.82) is 0 Å². The van der Waals surface area contributed by atoms with E-state index in [4.69, 9.17) is 4.74 Å². The Hall–Kier alpha value is -1.42. The third-order valence-electron chi connectivity index (χ3n) is 2.49. The minimum Gasteiger partial charge on any atom is -0.378 e. The monoisotopic (exact) mass is 269 g/mol. The van der Waals surface area contributed by atoms with E-state index < -0.39 is 5.83 Å². The largest absolute Gasteiger partial charge is 0.378 e. The molecule has 0 unspecified atom stereocenters. The molecule has 0 aromatic carbocycles. The predicted octanol–water partition coefficient (Wildman–Crippen LogP) is 3.25. The van der Waals surface area contributed by atoms with Crippen molar-refractivity contribution in [3.63, 3.8) is 0 Å². The van der Waals surface area contributed by atoms with E-state index in [2.05, 4.69) is 6.58 Å². The second-order valence-electron chi connectivity index (χ2n) is 4.06. The van der Waals surface area contributed by atoms with Crippen molar-refractivity contribution >= 4 is 5.91 Å². The molecule has 4 heteroatoms. The van der Waals surface area contributed by atoms with Gasteiger partial charge in [0.05, 0.1) is 13.2 Å². The van der Waals surface area contributed by atoms with Crippen molar-refractivity contribution in [3.05, 3.63) is 35.7 Å². The van der Waals surface area contributed by atoms with Crippen LogP contribution in [-0.2, 0) is 9.53 Å². The van der Waals surface area contributed by atoms with Gasteiger partial charge < -0.3 is 9.64 Å². The first kappa shape index (κ1) is 17.6. The fraction of sp³-hybridized carbons (Fsp3) is 0.533. The van der Waals surface area contributed by atoms with Crippen molar-refractivity contribution in [2.45, 2.75) is 27.7 Å². The molecule has 1 rings (SSSR count). The van der Waals surface area contributed by atoms with E-state index >= 15 is 0 Å². The number of halogens is 1. The van der Waals surface area contributed by atoms with Crippen LogP contribution >= 0.6 is 0 Å². The van der Waals surface area contributed by atoms with Crippen LogP contribution in [0.2, 0.25) is 0 Å². The lowest BCUT2D eigenvalue weighted by atomic mass is 10.2. The number of carbonyl (C=O) groups is 1. The molecule has 1 heterocycles. The molecule has 1 amide bonds. The third kappa shape index (κ3) is 6.34. The number of ether oxygens (including phenoxy) is 1. The quantitative estimate of drug-likeness (QED) is 0.581. The van der Waals surface area contributed by atoms with Gasteiger partial charge in [-0.1, -0.05) is 32.1 Å². The Kier molecular flexibility index (Phi) is 8.79. The Balaban J connectivity index is 0.00000154. The molecule has 1 fully saturated rings. The summed E-state index contributed by atoms with van der Waals surface area (Å²) in [5, 5.41) is 0. The fourth-order valence-corrected chi connectivity index (χ4v) is 1.45. The molecule has 0 saturated carbocycles. The highest BCUT2D eigenvalue weighted by molar-refractivity contribution is 5.93. The maximum atomic E-state index is 13.6. The fourth-order valence-electron chi connectivity index (χ4n) is 1.45. The Bertz CT molecular complexity index is 366. The van der Waals surface area contributed by atoms with Gasteiger partial charge in [0.2, 0.25) is 0 Å². The number of hydrogen-bond donors (Lipinski definition) is 0. The average Bonchev–Trinajstić information content (AvgIpc) is 2.46. The molecule has 0 aliphatic carbocycles. The zero-order chi connectivity index (χ0) is 14.8. The van der Waals surface area contributed by atoms with E-state index in [9.17, 15) is 9.18 Å². The smallest absolute Gasteiger partial charge is 0.252 e. The van der Waals surface area contributed by atoms with Crippen molar-refractivity contribution in [2.75, 3.05) is 26.3 Å². The maximum Gasteiger partial charge on any atom is 0.252 e. The lowest BCUT2D eigenvalue weighted by Crippen LogP contribution is -2.41. The Labute approximate surface area is 115 Å². The molecule has 108 valence electrons. The van der Waals surface area contributed by atoms with Gasteiger partial charge in [-0.05, 0) is 19.9 Å². The highest BCUT2D eigenvalue weighted by Crippen LogP contribution is 2.13. The first-order valence-corrected chi connectivity index (χ1v) is 6.59. The van der Waals surface area contributed by atoms with Gasteiger partial charge in [-0.3, -0.25) is 4.79 Å². The van der Waals surface area contributed by atoms with Crippen molar-refractivity contribution in [3.8, 4) is 0 Å². The van der Waals surface area contributed by atoms with Crippen LogP contribution in [0.4, 0.5) is 4.39 Å².